The number of hydrogen-bond acceptors (Lipinski definition) is 4. The summed E-state index contributed by atoms with van der Waals surface area (Å²) in [6.45, 7) is 0.505. The van der Waals surface area contributed by atoms with Crippen LogP contribution in [-0.2, 0) is 0 Å². The highest BCUT2D eigenvalue weighted by Crippen LogP contribution is 2.34. The van der Waals surface area contributed by atoms with Crippen LogP contribution in [0.4, 0.5) is 18.9 Å². The second kappa shape index (κ2) is 5.56. The number of aromatic nitrogens is 1. The SMILES string of the molecule is N/C(=N/O)c1ccc(N2CCCC(C(F)(F)F)C2)cn1. The normalized spacial score (nSPS) is 21.1. The second-order valence-corrected chi connectivity index (χ2v) is 4.71. The Morgan fingerprint density at radius 1 is 1.45 bits per heavy atom. The van der Waals surface area contributed by atoms with Crippen molar-refractivity contribution in [2.24, 2.45) is 16.8 Å². The van der Waals surface area contributed by atoms with Gasteiger partial charge in [-0.1, -0.05) is 5.16 Å². The first-order valence-electron chi connectivity index (χ1n) is 6.17. The Morgan fingerprint density at radius 3 is 2.75 bits per heavy atom. The molecule has 1 aliphatic heterocycles. The number of oxime groups is 1. The number of halogens is 3. The summed E-state index contributed by atoms with van der Waals surface area (Å²) in [6, 6.07) is 3.14. The van der Waals surface area contributed by atoms with Gasteiger partial charge < -0.3 is 15.8 Å². The summed E-state index contributed by atoms with van der Waals surface area (Å²) in [5.41, 5.74) is 6.26. The van der Waals surface area contributed by atoms with Gasteiger partial charge in [-0.25, -0.2) is 0 Å². The summed E-state index contributed by atoms with van der Waals surface area (Å²) in [6.07, 6.45) is -2.08. The monoisotopic (exact) mass is 288 g/mol. The Balaban J connectivity index is 2.11. The third-order valence-corrected chi connectivity index (χ3v) is 3.37. The summed E-state index contributed by atoms with van der Waals surface area (Å²) in [4.78, 5) is 5.63. The third-order valence-electron chi connectivity index (χ3n) is 3.37. The van der Waals surface area contributed by atoms with E-state index in [-0.39, 0.29) is 24.5 Å². The van der Waals surface area contributed by atoms with Gasteiger partial charge in [0, 0.05) is 13.1 Å². The molecule has 1 aromatic rings. The van der Waals surface area contributed by atoms with Gasteiger partial charge in [0.25, 0.3) is 0 Å². The first-order chi connectivity index (χ1) is 9.41. The number of anilines is 1. The molecule has 1 saturated heterocycles. The predicted molar refractivity (Wildman–Crippen MR) is 67.7 cm³/mol. The summed E-state index contributed by atoms with van der Waals surface area (Å²) < 4.78 is 38.2. The molecule has 0 radical (unpaired) electrons. The maximum absolute atomic E-state index is 12.7. The molecule has 0 bridgehead atoms. The lowest BCUT2D eigenvalue weighted by Crippen LogP contribution is -2.41. The number of nitrogens with two attached hydrogens (primary N) is 1. The van der Waals surface area contributed by atoms with Crippen molar-refractivity contribution >= 4 is 11.5 Å². The largest absolute Gasteiger partial charge is 0.409 e. The minimum Gasteiger partial charge on any atom is -0.409 e. The second-order valence-electron chi connectivity index (χ2n) is 4.71. The molecule has 1 fully saturated rings. The number of alkyl halides is 3. The Bertz CT molecular complexity index is 486. The van der Waals surface area contributed by atoms with E-state index >= 15 is 0 Å². The van der Waals surface area contributed by atoms with Crippen molar-refractivity contribution < 1.29 is 18.4 Å². The summed E-state index contributed by atoms with van der Waals surface area (Å²) in [7, 11) is 0. The molecular weight excluding hydrogens is 273 g/mol. The highest BCUT2D eigenvalue weighted by Gasteiger charge is 2.41. The fourth-order valence-corrected chi connectivity index (χ4v) is 2.25. The summed E-state index contributed by atoms with van der Waals surface area (Å²) in [5, 5.41) is 11.3. The third kappa shape index (κ3) is 3.12. The first kappa shape index (κ1) is 14.4. The molecule has 1 atom stereocenters. The zero-order valence-electron chi connectivity index (χ0n) is 10.6. The van der Waals surface area contributed by atoms with E-state index in [1.807, 2.05) is 0 Å². The van der Waals surface area contributed by atoms with Crippen molar-refractivity contribution in [2.45, 2.75) is 19.0 Å². The van der Waals surface area contributed by atoms with E-state index in [2.05, 4.69) is 10.1 Å². The van der Waals surface area contributed by atoms with E-state index in [0.717, 1.165) is 0 Å². The lowest BCUT2D eigenvalue weighted by atomic mass is 9.97. The van der Waals surface area contributed by atoms with Gasteiger partial charge in [0.05, 0.1) is 17.8 Å². The molecule has 0 spiro atoms. The van der Waals surface area contributed by atoms with E-state index in [1.165, 1.54) is 12.3 Å². The van der Waals surface area contributed by atoms with Crippen LogP contribution in [0, 0.1) is 5.92 Å². The summed E-state index contributed by atoms with van der Waals surface area (Å²) >= 11 is 0. The van der Waals surface area contributed by atoms with Gasteiger partial charge in [0.15, 0.2) is 5.84 Å². The van der Waals surface area contributed by atoms with E-state index in [4.69, 9.17) is 10.9 Å². The lowest BCUT2D eigenvalue weighted by molar-refractivity contribution is -0.175. The lowest BCUT2D eigenvalue weighted by Gasteiger charge is -2.35. The average molecular weight is 288 g/mol. The number of rotatable bonds is 2. The van der Waals surface area contributed by atoms with Gasteiger partial charge in [0.1, 0.15) is 5.69 Å². The molecule has 0 aliphatic carbocycles. The molecule has 2 heterocycles. The van der Waals surface area contributed by atoms with Crippen molar-refractivity contribution in [3.05, 3.63) is 24.0 Å². The average Bonchev–Trinajstić information content (AvgIpc) is 2.46. The van der Waals surface area contributed by atoms with Crippen LogP contribution in [0.15, 0.2) is 23.5 Å². The summed E-state index contributed by atoms with van der Waals surface area (Å²) in [5.74, 6) is -1.44. The Morgan fingerprint density at radius 2 is 2.20 bits per heavy atom. The molecule has 110 valence electrons. The number of nitrogens with zero attached hydrogens (tertiary/aromatic N) is 3. The molecule has 0 amide bonds. The van der Waals surface area contributed by atoms with E-state index in [9.17, 15) is 13.2 Å². The van der Waals surface area contributed by atoms with Crippen LogP contribution in [0.5, 0.6) is 0 Å². The van der Waals surface area contributed by atoms with Crippen molar-refractivity contribution in [2.75, 3.05) is 18.0 Å². The number of pyridine rings is 1. The fraction of sp³-hybridized carbons (Fsp3) is 0.500. The van der Waals surface area contributed by atoms with Crippen LogP contribution in [0.25, 0.3) is 0 Å². The van der Waals surface area contributed by atoms with Crippen molar-refractivity contribution in [1.29, 1.82) is 0 Å². The topological polar surface area (TPSA) is 74.7 Å². The van der Waals surface area contributed by atoms with Crippen LogP contribution in [0.1, 0.15) is 18.5 Å². The van der Waals surface area contributed by atoms with Gasteiger partial charge in [-0.15, -0.1) is 0 Å². The maximum Gasteiger partial charge on any atom is 0.393 e. The molecule has 5 nitrogen and oxygen atoms in total. The molecule has 1 aliphatic rings. The molecule has 0 saturated carbocycles. The van der Waals surface area contributed by atoms with Crippen LogP contribution in [0.3, 0.4) is 0 Å². The molecule has 8 heteroatoms. The van der Waals surface area contributed by atoms with Gasteiger partial charge in [-0.2, -0.15) is 13.2 Å². The molecule has 2 rings (SSSR count). The highest BCUT2D eigenvalue weighted by atomic mass is 19.4. The van der Waals surface area contributed by atoms with Crippen LogP contribution < -0.4 is 10.6 Å². The number of hydrogen-bond donors (Lipinski definition) is 2. The minimum atomic E-state index is -4.17. The molecular formula is C12H15F3N4O. The Kier molecular flexibility index (Phi) is 4.01. The fourth-order valence-electron chi connectivity index (χ4n) is 2.25. The molecule has 0 aromatic carbocycles. The van der Waals surface area contributed by atoms with Crippen molar-refractivity contribution in [1.82, 2.24) is 4.98 Å². The standard InChI is InChI=1S/C12H15F3N4O/c13-12(14,15)8-2-1-5-19(7-8)9-3-4-10(17-6-9)11(16)18-20/h3-4,6,8,20H,1-2,5,7H2,(H2,16,18). The van der Waals surface area contributed by atoms with E-state index < -0.39 is 12.1 Å². The van der Waals surface area contributed by atoms with Gasteiger partial charge in [-0.3, -0.25) is 4.98 Å². The Labute approximate surface area is 113 Å². The van der Waals surface area contributed by atoms with Crippen molar-refractivity contribution in [3.8, 4) is 0 Å². The predicted octanol–water partition coefficient (Wildman–Crippen LogP) is 1.95. The molecule has 20 heavy (non-hydrogen) atoms. The zero-order valence-corrected chi connectivity index (χ0v) is 10.6. The number of amidine groups is 1. The Hall–Kier alpha value is -1.99. The van der Waals surface area contributed by atoms with Gasteiger partial charge in [-0.05, 0) is 25.0 Å². The minimum absolute atomic E-state index is 0.0614. The van der Waals surface area contributed by atoms with E-state index in [1.54, 1.807) is 11.0 Å². The molecule has 1 unspecified atom stereocenters. The van der Waals surface area contributed by atoms with Crippen LogP contribution in [0.2, 0.25) is 0 Å². The van der Waals surface area contributed by atoms with Crippen molar-refractivity contribution in [3.63, 3.8) is 0 Å². The number of piperidine rings is 1. The smallest absolute Gasteiger partial charge is 0.393 e. The van der Waals surface area contributed by atoms with Crippen LogP contribution in [-0.4, -0.2) is 35.3 Å². The molecule has 3 N–H and O–H groups in total. The zero-order chi connectivity index (χ0) is 14.8. The van der Waals surface area contributed by atoms with Crippen LogP contribution >= 0.6 is 0 Å². The van der Waals surface area contributed by atoms with Gasteiger partial charge >= 0.3 is 6.18 Å². The highest BCUT2D eigenvalue weighted by molar-refractivity contribution is 5.95. The maximum atomic E-state index is 12.7. The molecule has 1 aromatic heterocycles. The van der Waals surface area contributed by atoms with E-state index in [0.29, 0.717) is 18.7 Å². The quantitative estimate of drug-likeness (QED) is 0.377. The first-order valence-corrected chi connectivity index (χ1v) is 6.17. The van der Waals surface area contributed by atoms with Gasteiger partial charge in [0.2, 0.25) is 0 Å².